The Kier molecular flexibility index (Phi) is 4.60. The molecule has 0 radical (unpaired) electrons. The quantitative estimate of drug-likeness (QED) is 0.891. The molecule has 0 aliphatic carbocycles. The Morgan fingerprint density at radius 3 is 2.83 bits per heavy atom. The zero-order valence-electron chi connectivity index (χ0n) is 13.1. The number of amides is 1. The largest absolute Gasteiger partial charge is 0.306 e. The maximum Gasteiger partial charge on any atom is 0.261 e. The number of halogens is 1. The fourth-order valence-corrected chi connectivity index (χ4v) is 4.82. The molecule has 1 aliphatic heterocycles. The summed E-state index contributed by atoms with van der Waals surface area (Å²) in [5.41, 5.74) is 0.812. The smallest absolute Gasteiger partial charge is 0.261 e. The van der Waals surface area contributed by atoms with Gasteiger partial charge >= 0.3 is 0 Å². The van der Waals surface area contributed by atoms with Crippen molar-refractivity contribution >= 4 is 33.2 Å². The van der Waals surface area contributed by atoms with Crippen molar-refractivity contribution in [3.63, 3.8) is 0 Å². The first-order valence-electron chi connectivity index (χ1n) is 7.61. The lowest BCUT2D eigenvalue weighted by Crippen LogP contribution is -2.15. The number of rotatable bonds is 4. The van der Waals surface area contributed by atoms with E-state index >= 15 is 0 Å². The Bertz CT molecular complexity index is 864. The predicted octanol–water partition coefficient (Wildman–Crippen LogP) is 2.11. The lowest BCUT2D eigenvalue weighted by atomic mass is 10.2. The second-order valence-corrected chi connectivity index (χ2v) is 8.22. The lowest BCUT2D eigenvalue weighted by Gasteiger charge is -2.10. The van der Waals surface area contributed by atoms with Crippen LogP contribution < -0.4 is 5.32 Å². The third kappa shape index (κ3) is 3.29. The molecular weight excluding hydrogens is 352 g/mol. The van der Waals surface area contributed by atoms with Gasteiger partial charge < -0.3 is 5.32 Å². The Labute approximate surface area is 145 Å². The van der Waals surface area contributed by atoms with Crippen molar-refractivity contribution in [3.8, 4) is 0 Å². The zero-order valence-corrected chi connectivity index (χ0v) is 14.6. The SMILES string of the molecule is CCc1nn(C2CCS(=O)(=O)C2)c(Cl)c1C(=O)Nc1ccccn1. The van der Waals surface area contributed by atoms with E-state index in [1.165, 1.54) is 4.68 Å². The van der Waals surface area contributed by atoms with Crippen molar-refractivity contribution < 1.29 is 13.2 Å². The number of carbonyl (C=O) groups is 1. The maximum absolute atomic E-state index is 12.6. The van der Waals surface area contributed by atoms with E-state index in [2.05, 4.69) is 15.4 Å². The second-order valence-electron chi connectivity index (χ2n) is 5.64. The van der Waals surface area contributed by atoms with Gasteiger partial charge in [-0.25, -0.2) is 18.1 Å². The summed E-state index contributed by atoms with van der Waals surface area (Å²) in [6, 6.07) is 4.85. The van der Waals surface area contributed by atoms with E-state index in [-0.39, 0.29) is 28.3 Å². The highest BCUT2D eigenvalue weighted by Crippen LogP contribution is 2.30. The lowest BCUT2D eigenvalue weighted by molar-refractivity contribution is 0.102. The van der Waals surface area contributed by atoms with E-state index in [4.69, 9.17) is 11.6 Å². The molecule has 0 bridgehead atoms. The molecule has 2 aromatic rings. The summed E-state index contributed by atoms with van der Waals surface area (Å²) < 4.78 is 24.9. The molecule has 24 heavy (non-hydrogen) atoms. The van der Waals surface area contributed by atoms with Crippen molar-refractivity contribution in [1.82, 2.24) is 14.8 Å². The van der Waals surface area contributed by atoms with E-state index in [0.717, 1.165) is 0 Å². The summed E-state index contributed by atoms with van der Waals surface area (Å²) in [4.78, 5) is 16.6. The number of sulfone groups is 1. The average molecular weight is 369 g/mol. The number of aromatic nitrogens is 3. The molecule has 1 aliphatic rings. The fourth-order valence-electron chi connectivity index (χ4n) is 2.76. The summed E-state index contributed by atoms with van der Waals surface area (Å²) in [5, 5.41) is 7.23. The highest BCUT2D eigenvalue weighted by Gasteiger charge is 2.33. The summed E-state index contributed by atoms with van der Waals surface area (Å²) >= 11 is 6.37. The van der Waals surface area contributed by atoms with E-state index in [1.807, 2.05) is 6.92 Å². The van der Waals surface area contributed by atoms with Crippen LogP contribution in [0.3, 0.4) is 0 Å². The minimum absolute atomic E-state index is 0.00114. The molecule has 0 spiro atoms. The van der Waals surface area contributed by atoms with E-state index in [1.54, 1.807) is 24.4 Å². The molecular formula is C15H17ClN4O3S. The van der Waals surface area contributed by atoms with E-state index in [9.17, 15) is 13.2 Å². The zero-order chi connectivity index (χ0) is 17.3. The maximum atomic E-state index is 12.6. The number of pyridine rings is 1. The van der Waals surface area contributed by atoms with Crippen LogP contribution in [0, 0.1) is 0 Å². The number of nitrogens with zero attached hydrogens (tertiary/aromatic N) is 3. The summed E-state index contributed by atoms with van der Waals surface area (Å²) in [6.07, 6.45) is 2.54. The molecule has 2 aromatic heterocycles. The van der Waals surface area contributed by atoms with Crippen molar-refractivity contribution in [3.05, 3.63) is 40.8 Å². The van der Waals surface area contributed by atoms with Gasteiger partial charge in [0, 0.05) is 6.20 Å². The Hall–Kier alpha value is -1.93. The second kappa shape index (κ2) is 6.52. The van der Waals surface area contributed by atoms with Gasteiger partial charge in [0.1, 0.15) is 11.0 Å². The van der Waals surface area contributed by atoms with Crippen LogP contribution in [0.4, 0.5) is 5.82 Å². The van der Waals surface area contributed by atoms with E-state index in [0.29, 0.717) is 24.4 Å². The van der Waals surface area contributed by atoms with Gasteiger partial charge in [-0.05, 0) is 25.0 Å². The first-order chi connectivity index (χ1) is 11.4. The third-order valence-electron chi connectivity index (χ3n) is 3.95. The minimum Gasteiger partial charge on any atom is -0.306 e. The van der Waals surface area contributed by atoms with Gasteiger partial charge in [-0.3, -0.25) is 4.79 Å². The monoisotopic (exact) mass is 368 g/mol. The molecule has 1 fully saturated rings. The standard InChI is InChI=1S/C15H17ClN4O3S/c1-2-11-13(15(21)18-12-5-3-4-7-17-12)14(16)20(19-11)10-6-8-24(22,23)9-10/h3-5,7,10H,2,6,8-9H2,1H3,(H,17,18,21). The normalized spacial score (nSPS) is 19.3. The molecule has 0 saturated carbocycles. The Balaban J connectivity index is 1.92. The van der Waals surface area contributed by atoms with Gasteiger partial charge in [0.25, 0.3) is 5.91 Å². The van der Waals surface area contributed by atoms with Gasteiger partial charge in [0.15, 0.2) is 9.84 Å². The topological polar surface area (TPSA) is 94.0 Å². The number of hydrogen-bond donors (Lipinski definition) is 1. The molecule has 1 unspecified atom stereocenters. The average Bonchev–Trinajstić information content (AvgIpc) is 3.07. The molecule has 1 atom stereocenters. The van der Waals surface area contributed by atoms with Crippen LogP contribution in [0.5, 0.6) is 0 Å². The van der Waals surface area contributed by atoms with Crippen LogP contribution in [-0.4, -0.2) is 40.6 Å². The van der Waals surface area contributed by atoms with Gasteiger partial charge in [-0.2, -0.15) is 5.10 Å². The Morgan fingerprint density at radius 2 is 2.25 bits per heavy atom. The van der Waals surface area contributed by atoms with Gasteiger partial charge in [-0.15, -0.1) is 0 Å². The van der Waals surface area contributed by atoms with Gasteiger partial charge in [0.2, 0.25) is 0 Å². The summed E-state index contributed by atoms with van der Waals surface area (Å²) in [6.45, 7) is 1.87. The highest BCUT2D eigenvalue weighted by atomic mass is 35.5. The van der Waals surface area contributed by atoms with Crippen molar-refractivity contribution in [2.45, 2.75) is 25.8 Å². The summed E-state index contributed by atoms with van der Waals surface area (Å²) in [5.74, 6) is 0.128. The first-order valence-corrected chi connectivity index (χ1v) is 9.81. The molecule has 1 amide bonds. The molecule has 7 nitrogen and oxygen atoms in total. The molecule has 128 valence electrons. The minimum atomic E-state index is -3.07. The van der Waals surface area contributed by atoms with Gasteiger partial charge in [-0.1, -0.05) is 24.6 Å². The first kappa shape index (κ1) is 16.9. The van der Waals surface area contributed by atoms with Crippen LogP contribution >= 0.6 is 11.6 Å². The van der Waals surface area contributed by atoms with Crippen LogP contribution in [0.25, 0.3) is 0 Å². The number of hydrogen-bond acceptors (Lipinski definition) is 5. The molecule has 3 rings (SSSR count). The van der Waals surface area contributed by atoms with Crippen LogP contribution in [0.15, 0.2) is 24.4 Å². The van der Waals surface area contributed by atoms with Crippen molar-refractivity contribution in [2.24, 2.45) is 0 Å². The van der Waals surface area contributed by atoms with Crippen molar-refractivity contribution in [1.29, 1.82) is 0 Å². The number of anilines is 1. The predicted molar refractivity (Wildman–Crippen MR) is 91.1 cm³/mol. The van der Waals surface area contributed by atoms with E-state index < -0.39 is 15.7 Å². The number of aryl methyl sites for hydroxylation is 1. The molecule has 9 heteroatoms. The fraction of sp³-hybridized carbons (Fsp3) is 0.400. The molecule has 3 heterocycles. The Morgan fingerprint density at radius 1 is 1.46 bits per heavy atom. The molecule has 1 saturated heterocycles. The number of nitrogens with one attached hydrogen (secondary N) is 1. The molecule has 1 N–H and O–H groups in total. The van der Waals surface area contributed by atoms with Crippen LogP contribution in [0.2, 0.25) is 5.15 Å². The molecule has 0 aromatic carbocycles. The van der Waals surface area contributed by atoms with Crippen molar-refractivity contribution in [2.75, 3.05) is 16.8 Å². The summed E-state index contributed by atoms with van der Waals surface area (Å²) in [7, 11) is -3.07. The van der Waals surface area contributed by atoms with Crippen LogP contribution in [-0.2, 0) is 16.3 Å². The van der Waals surface area contributed by atoms with Crippen LogP contribution in [0.1, 0.15) is 35.4 Å². The third-order valence-corrected chi connectivity index (χ3v) is 6.06. The number of carbonyl (C=O) groups excluding carboxylic acids is 1. The highest BCUT2D eigenvalue weighted by molar-refractivity contribution is 7.91. The van der Waals surface area contributed by atoms with Gasteiger partial charge in [0.05, 0.1) is 28.8 Å².